The Morgan fingerprint density at radius 2 is 2.00 bits per heavy atom. The van der Waals surface area contributed by atoms with Gasteiger partial charge in [-0.05, 0) is 42.0 Å². The van der Waals surface area contributed by atoms with E-state index < -0.39 is 0 Å². The van der Waals surface area contributed by atoms with Crippen molar-refractivity contribution < 1.29 is 9.21 Å². The number of hydrogen-bond acceptors (Lipinski definition) is 6. The molecule has 4 aromatic rings. The summed E-state index contributed by atoms with van der Waals surface area (Å²) in [5.74, 6) is 1.74. The van der Waals surface area contributed by atoms with Gasteiger partial charge in [-0.1, -0.05) is 39.8 Å². The van der Waals surface area contributed by atoms with E-state index in [1.807, 2.05) is 53.1 Å². The maximum Gasteiger partial charge on any atom is 0.233 e. The largest absolute Gasteiger partial charge is 0.467 e. The Balaban J connectivity index is 1.48. The predicted molar refractivity (Wildman–Crippen MR) is 122 cm³/mol. The maximum absolute atomic E-state index is 12.7. The lowest BCUT2D eigenvalue weighted by Crippen LogP contribution is -2.27. The fraction of sp³-hybridized carbons (Fsp3) is 0.182. The molecule has 0 bridgehead atoms. The molecule has 0 radical (unpaired) electrons. The van der Waals surface area contributed by atoms with Gasteiger partial charge < -0.3 is 9.32 Å². The number of halogens is 1. The highest BCUT2D eigenvalue weighted by Gasteiger charge is 2.18. The Bertz CT molecular complexity index is 1130. The van der Waals surface area contributed by atoms with Crippen molar-refractivity contribution in [2.75, 3.05) is 12.8 Å². The predicted octanol–water partition coefficient (Wildman–Crippen LogP) is 4.49. The molecule has 0 unspecified atom stereocenters. The van der Waals surface area contributed by atoms with Crippen molar-refractivity contribution in [3.05, 3.63) is 83.0 Å². The van der Waals surface area contributed by atoms with E-state index in [-0.39, 0.29) is 11.7 Å². The zero-order valence-corrected chi connectivity index (χ0v) is 19.2. The average Bonchev–Trinajstić information content (AvgIpc) is 3.44. The quantitative estimate of drug-likeness (QED) is 0.333. The number of furan rings is 1. The van der Waals surface area contributed by atoms with Crippen molar-refractivity contribution in [2.24, 2.45) is 0 Å². The third-order valence-corrected chi connectivity index (χ3v) is 6.09. The number of amides is 1. The molecule has 3 aromatic heterocycles. The number of rotatable bonds is 8. The molecule has 0 saturated carbocycles. The van der Waals surface area contributed by atoms with Crippen LogP contribution in [0.5, 0.6) is 0 Å². The summed E-state index contributed by atoms with van der Waals surface area (Å²) in [5, 5.41) is 9.33. The van der Waals surface area contributed by atoms with Gasteiger partial charge in [0, 0.05) is 36.0 Å². The number of thioether (sulfide) groups is 1. The molecule has 0 atom stereocenters. The number of aromatic nitrogens is 4. The minimum absolute atomic E-state index is 0.0170. The Morgan fingerprint density at radius 1 is 1.16 bits per heavy atom. The summed E-state index contributed by atoms with van der Waals surface area (Å²) in [4.78, 5) is 18.6. The van der Waals surface area contributed by atoms with E-state index in [0.717, 1.165) is 21.4 Å². The monoisotopic (exact) mass is 497 g/mol. The topological polar surface area (TPSA) is 77.1 Å². The smallest absolute Gasteiger partial charge is 0.233 e. The molecule has 0 N–H and O–H groups in total. The van der Waals surface area contributed by atoms with Crippen molar-refractivity contribution in [2.45, 2.75) is 18.2 Å². The Hall–Kier alpha value is -2.91. The molecular weight excluding hydrogens is 478 g/mol. The summed E-state index contributed by atoms with van der Waals surface area (Å²) in [6.07, 6.45) is 5.09. The number of benzene rings is 1. The molecule has 0 aliphatic carbocycles. The molecule has 1 aromatic carbocycles. The highest BCUT2D eigenvalue weighted by atomic mass is 79.9. The third kappa shape index (κ3) is 5.42. The van der Waals surface area contributed by atoms with Crippen molar-refractivity contribution in [3.63, 3.8) is 0 Å². The molecule has 1 amide bonds. The third-order valence-electron chi connectivity index (χ3n) is 4.61. The molecular formula is C22H20BrN5O2S. The van der Waals surface area contributed by atoms with Crippen molar-refractivity contribution in [1.29, 1.82) is 0 Å². The molecule has 0 spiro atoms. The van der Waals surface area contributed by atoms with Crippen LogP contribution in [0.2, 0.25) is 0 Å². The van der Waals surface area contributed by atoms with Gasteiger partial charge in [0.05, 0.1) is 18.6 Å². The molecule has 0 aliphatic heterocycles. The van der Waals surface area contributed by atoms with Crippen molar-refractivity contribution in [1.82, 2.24) is 24.6 Å². The molecule has 31 heavy (non-hydrogen) atoms. The van der Waals surface area contributed by atoms with E-state index in [4.69, 9.17) is 4.42 Å². The first-order valence-corrected chi connectivity index (χ1v) is 11.3. The zero-order valence-electron chi connectivity index (χ0n) is 16.8. The van der Waals surface area contributed by atoms with Crippen LogP contribution in [0.15, 0.2) is 81.2 Å². The molecule has 9 heteroatoms. The van der Waals surface area contributed by atoms with Gasteiger partial charge in [0.25, 0.3) is 0 Å². The van der Waals surface area contributed by atoms with Crippen LogP contribution in [-0.2, 0) is 17.9 Å². The lowest BCUT2D eigenvalue weighted by atomic mass is 10.2. The zero-order chi connectivity index (χ0) is 21.6. The van der Waals surface area contributed by atoms with Crippen molar-refractivity contribution >= 4 is 33.6 Å². The summed E-state index contributed by atoms with van der Waals surface area (Å²) >= 11 is 4.79. The van der Waals surface area contributed by atoms with Crippen LogP contribution in [0, 0.1) is 0 Å². The second-order valence-corrected chi connectivity index (χ2v) is 8.74. The number of nitrogens with zero attached hydrogens (tertiary/aromatic N) is 5. The molecule has 7 nitrogen and oxygen atoms in total. The number of pyridine rings is 1. The Kier molecular flexibility index (Phi) is 6.83. The van der Waals surface area contributed by atoms with Gasteiger partial charge in [-0.25, -0.2) is 0 Å². The summed E-state index contributed by atoms with van der Waals surface area (Å²) in [6, 6.07) is 15.5. The van der Waals surface area contributed by atoms with Gasteiger partial charge in [-0.15, -0.1) is 10.2 Å². The van der Waals surface area contributed by atoms with Crippen LogP contribution in [0.4, 0.5) is 0 Å². The molecule has 3 heterocycles. The first-order chi connectivity index (χ1) is 15.1. The van der Waals surface area contributed by atoms with E-state index in [2.05, 4.69) is 31.1 Å². The van der Waals surface area contributed by atoms with Gasteiger partial charge in [0.1, 0.15) is 5.76 Å². The van der Waals surface area contributed by atoms with Crippen LogP contribution < -0.4 is 0 Å². The minimum atomic E-state index is 0.0170. The molecule has 158 valence electrons. The highest BCUT2D eigenvalue weighted by Crippen LogP contribution is 2.25. The molecule has 0 saturated heterocycles. The van der Waals surface area contributed by atoms with E-state index in [0.29, 0.717) is 24.1 Å². The molecule has 4 rings (SSSR count). The Morgan fingerprint density at radius 3 is 2.71 bits per heavy atom. The van der Waals surface area contributed by atoms with Crippen LogP contribution >= 0.6 is 27.7 Å². The number of carbonyl (C=O) groups is 1. The average molecular weight is 498 g/mol. The van der Waals surface area contributed by atoms with Crippen LogP contribution in [0.1, 0.15) is 11.3 Å². The van der Waals surface area contributed by atoms with Gasteiger partial charge in [-0.2, -0.15) is 0 Å². The van der Waals surface area contributed by atoms with Crippen LogP contribution in [-0.4, -0.2) is 43.4 Å². The number of carbonyl (C=O) groups excluding carboxylic acids is 1. The second kappa shape index (κ2) is 9.93. The first-order valence-electron chi connectivity index (χ1n) is 9.57. The van der Waals surface area contributed by atoms with Gasteiger partial charge in [0.2, 0.25) is 5.91 Å². The van der Waals surface area contributed by atoms with Gasteiger partial charge in [-0.3, -0.25) is 14.3 Å². The van der Waals surface area contributed by atoms with E-state index >= 15 is 0 Å². The van der Waals surface area contributed by atoms with E-state index in [9.17, 15) is 4.79 Å². The van der Waals surface area contributed by atoms with E-state index in [1.54, 1.807) is 30.6 Å². The second-order valence-electron chi connectivity index (χ2n) is 6.88. The fourth-order valence-electron chi connectivity index (χ4n) is 2.99. The maximum atomic E-state index is 12.7. The normalized spacial score (nSPS) is 10.9. The standard InChI is InChI=1S/C22H20BrN5O2S/c1-27(13-16-6-8-18(23)9-7-16)20(29)15-31-22-26-25-21(17-4-2-10-24-12-17)28(22)14-19-5-3-11-30-19/h2-12H,13-15H2,1H3. The summed E-state index contributed by atoms with van der Waals surface area (Å²) in [6.45, 7) is 1.02. The number of hydrogen-bond donors (Lipinski definition) is 0. The first kappa shape index (κ1) is 21.3. The summed E-state index contributed by atoms with van der Waals surface area (Å²) in [5.41, 5.74) is 1.93. The minimum Gasteiger partial charge on any atom is -0.467 e. The SMILES string of the molecule is CN(Cc1ccc(Br)cc1)C(=O)CSc1nnc(-c2cccnc2)n1Cc1ccco1. The summed E-state index contributed by atoms with van der Waals surface area (Å²) in [7, 11) is 1.81. The van der Waals surface area contributed by atoms with Gasteiger partial charge >= 0.3 is 0 Å². The molecule has 0 aliphatic rings. The lowest BCUT2D eigenvalue weighted by Gasteiger charge is -2.17. The van der Waals surface area contributed by atoms with Crippen LogP contribution in [0.3, 0.4) is 0 Å². The van der Waals surface area contributed by atoms with Crippen molar-refractivity contribution in [3.8, 4) is 11.4 Å². The highest BCUT2D eigenvalue weighted by molar-refractivity contribution is 9.10. The lowest BCUT2D eigenvalue weighted by molar-refractivity contribution is -0.127. The van der Waals surface area contributed by atoms with E-state index in [1.165, 1.54) is 11.8 Å². The van der Waals surface area contributed by atoms with Gasteiger partial charge in [0.15, 0.2) is 11.0 Å². The van der Waals surface area contributed by atoms with Crippen LogP contribution in [0.25, 0.3) is 11.4 Å². The Labute approximate surface area is 192 Å². The fourth-order valence-corrected chi connectivity index (χ4v) is 4.14. The molecule has 0 fully saturated rings. The summed E-state index contributed by atoms with van der Waals surface area (Å²) < 4.78 is 8.47.